The van der Waals surface area contributed by atoms with E-state index in [2.05, 4.69) is 0 Å². The Kier molecular flexibility index (Phi) is 4.64. The molecule has 2 aromatic carbocycles. The van der Waals surface area contributed by atoms with Crippen LogP contribution in [0.5, 0.6) is 0 Å². The summed E-state index contributed by atoms with van der Waals surface area (Å²) in [6.07, 6.45) is 0.469. The number of rotatable bonds is 3. The Morgan fingerprint density at radius 1 is 1.04 bits per heavy atom. The van der Waals surface area contributed by atoms with Crippen molar-refractivity contribution in [2.24, 2.45) is 0 Å². The van der Waals surface area contributed by atoms with Gasteiger partial charge < -0.3 is 9.94 Å². The van der Waals surface area contributed by atoms with Crippen LogP contribution in [-0.4, -0.2) is 4.73 Å². The van der Waals surface area contributed by atoms with E-state index >= 15 is 0 Å². The molecule has 25 heavy (non-hydrogen) atoms. The number of halogens is 1. The summed E-state index contributed by atoms with van der Waals surface area (Å²) in [5.41, 5.74) is 3.86. The lowest BCUT2D eigenvalue weighted by molar-refractivity contribution is -0.471. The fraction of sp³-hybridized carbons (Fsp3) is 0.200. The average molecular weight is 355 g/mol. The Hall–Kier alpha value is -2.59. The SMILES string of the molecule is CCc1c(-c2ccccc2)[n+](=O)c(-c2ccc(Cl)c(C)c2)c(C)n1[O-]. The van der Waals surface area contributed by atoms with Gasteiger partial charge in [0.2, 0.25) is 0 Å². The first kappa shape index (κ1) is 17.2. The maximum absolute atomic E-state index is 13.3. The van der Waals surface area contributed by atoms with E-state index in [4.69, 9.17) is 11.6 Å². The predicted octanol–water partition coefficient (Wildman–Crippen LogP) is 4.92. The van der Waals surface area contributed by atoms with Crippen molar-refractivity contribution < 1.29 is 4.43 Å². The van der Waals surface area contributed by atoms with Crippen LogP contribution in [0.2, 0.25) is 5.02 Å². The zero-order chi connectivity index (χ0) is 18.1. The van der Waals surface area contributed by atoms with Crippen LogP contribution in [0, 0.1) is 24.0 Å². The van der Waals surface area contributed by atoms with Crippen molar-refractivity contribution in [2.75, 3.05) is 0 Å². The second-order valence-electron chi connectivity index (χ2n) is 6.00. The quantitative estimate of drug-likeness (QED) is 0.627. The van der Waals surface area contributed by atoms with Gasteiger partial charge in [-0.3, -0.25) is 0 Å². The minimum Gasteiger partial charge on any atom is -0.805 e. The molecule has 0 bridgehead atoms. The van der Waals surface area contributed by atoms with E-state index in [0.717, 1.165) is 20.3 Å². The molecule has 0 N–H and O–H groups in total. The topological polar surface area (TPSA) is 51.0 Å². The van der Waals surface area contributed by atoms with Gasteiger partial charge in [0, 0.05) is 9.93 Å². The number of benzene rings is 2. The van der Waals surface area contributed by atoms with Gasteiger partial charge in [-0.05, 0) is 56.2 Å². The first-order chi connectivity index (χ1) is 12.0. The minimum absolute atomic E-state index is 0.353. The van der Waals surface area contributed by atoms with Gasteiger partial charge in [-0.25, -0.2) is 0 Å². The van der Waals surface area contributed by atoms with E-state index < -0.39 is 0 Å². The molecule has 3 rings (SSSR count). The monoisotopic (exact) mass is 354 g/mol. The Bertz CT molecular complexity index is 995. The van der Waals surface area contributed by atoms with Crippen LogP contribution in [-0.2, 0) is 6.42 Å². The lowest BCUT2D eigenvalue weighted by Gasteiger charge is -2.20. The van der Waals surface area contributed by atoms with Crippen molar-refractivity contribution >= 4 is 11.6 Å². The molecule has 0 spiro atoms. The summed E-state index contributed by atoms with van der Waals surface area (Å²) < 4.78 is 1.75. The average Bonchev–Trinajstić information content (AvgIpc) is 2.61. The predicted molar refractivity (Wildman–Crippen MR) is 101 cm³/mol. The van der Waals surface area contributed by atoms with E-state index in [1.165, 1.54) is 0 Å². The highest BCUT2D eigenvalue weighted by Gasteiger charge is 2.27. The van der Waals surface area contributed by atoms with Crippen LogP contribution >= 0.6 is 11.6 Å². The normalized spacial score (nSPS) is 10.9. The summed E-state index contributed by atoms with van der Waals surface area (Å²) in [5, 5.41) is 13.5. The van der Waals surface area contributed by atoms with Crippen LogP contribution in [0.25, 0.3) is 22.5 Å². The summed E-state index contributed by atoms with van der Waals surface area (Å²) in [5.74, 6) is 0. The fourth-order valence-electron chi connectivity index (χ4n) is 3.08. The van der Waals surface area contributed by atoms with Crippen molar-refractivity contribution in [1.82, 2.24) is 4.73 Å². The van der Waals surface area contributed by atoms with Crippen LogP contribution in [0.1, 0.15) is 23.9 Å². The maximum Gasteiger partial charge on any atom is 0.289 e. The summed E-state index contributed by atoms with van der Waals surface area (Å²) in [6, 6.07) is 14.6. The molecule has 0 fully saturated rings. The van der Waals surface area contributed by atoms with Gasteiger partial charge in [0.1, 0.15) is 0 Å². The second-order valence-corrected chi connectivity index (χ2v) is 6.41. The Labute approximate surface area is 151 Å². The molecule has 0 aliphatic rings. The van der Waals surface area contributed by atoms with E-state index in [1.807, 2.05) is 50.2 Å². The lowest BCUT2D eigenvalue weighted by atomic mass is 10.0. The minimum atomic E-state index is 0.353. The van der Waals surface area contributed by atoms with Crippen LogP contribution in [0.3, 0.4) is 0 Å². The van der Waals surface area contributed by atoms with Crippen molar-refractivity contribution in [1.29, 1.82) is 0 Å². The number of aromatic nitrogens is 2. The smallest absolute Gasteiger partial charge is 0.289 e. The number of aryl methyl sites for hydroxylation is 1. The first-order valence-electron chi connectivity index (χ1n) is 8.16. The Morgan fingerprint density at radius 2 is 1.72 bits per heavy atom. The Balaban J connectivity index is 2.40. The standard InChI is InChI=1S/C20H19ClN2O2/c1-4-18-20(15-8-6-5-7-9-15)23(25)19(14(3)22(18)24)16-10-11-17(21)13(2)12-16/h5-12H,4H2,1-3H3. The van der Waals surface area contributed by atoms with E-state index in [9.17, 15) is 10.1 Å². The highest BCUT2D eigenvalue weighted by Crippen LogP contribution is 2.28. The Morgan fingerprint density at radius 3 is 2.32 bits per heavy atom. The van der Waals surface area contributed by atoms with Crippen LogP contribution in [0.15, 0.2) is 48.5 Å². The highest BCUT2D eigenvalue weighted by molar-refractivity contribution is 6.31. The van der Waals surface area contributed by atoms with Gasteiger partial charge >= 0.3 is 0 Å². The largest absolute Gasteiger partial charge is 0.805 e. The molecule has 3 aromatic rings. The molecule has 0 radical (unpaired) electrons. The van der Waals surface area contributed by atoms with E-state index in [-0.39, 0.29) is 0 Å². The maximum atomic E-state index is 13.3. The van der Waals surface area contributed by atoms with Gasteiger partial charge in [0.15, 0.2) is 0 Å². The molecule has 0 saturated heterocycles. The second kappa shape index (κ2) is 6.73. The third-order valence-corrected chi connectivity index (χ3v) is 4.81. The number of hydrogen-bond donors (Lipinski definition) is 0. The van der Waals surface area contributed by atoms with E-state index in [0.29, 0.717) is 39.8 Å². The van der Waals surface area contributed by atoms with Gasteiger partial charge in [0.25, 0.3) is 11.4 Å². The van der Waals surface area contributed by atoms with Crippen LogP contribution in [0.4, 0.5) is 0 Å². The third kappa shape index (κ3) is 2.94. The molecular formula is C20H19ClN2O2. The fourth-order valence-corrected chi connectivity index (χ4v) is 3.20. The van der Waals surface area contributed by atoms with Crippen LogP contribution < -0.4 is 4.43 Å². The molecule has 0 atom stereocenters. The number of hydrogen-bond acceptors (Lipinski definition) is 2. The number of nitrogens with zero attached hydrogens (tertiary/aromatic N) is 2. The van der Waals surface area contributed by atoms with Crippen molar-refractivity contribution in [3.63, 3.8) is 0 Å². The molecule has 128 valence electrons. The summed E-state index contributed by atoms with van der Waals surface area (Å²) >= 11 is 6.10. The highest BCUT2D eigenvalue weighted by atomic mass is 35.5. The molecule has 1 aromatic heterocycles. The zero-order valence-corrected chi connectivity index (χ0v) is 15.2. The molecular weight excluding hydrogens is 336 g/mol. The van der Waals surface area contributed by atoms with Crippen molar-refractivity contribution in [3.05, 3.63) is 80.6 Å². The van der Waals surface area contributed by atoms with Gasteiger partial charge in [0.05, 0.1) is 26.9 Å². The first-order valence-corrected chi connectivity index (χ1v) is 8.54. The van der Waals surface area contributed by atoms with Crippen molar-refractivity contribution in [3.8, 4) is 22.5 Å². The van der Waals surface area contributed by atoms with Gasteiger partial charge in [-0.1, -0.05) is 36.7 Å². The summed E-state index contributed by atoms with van der Waals surface area (Å²) in [6.45, 7) is 5.43. The van der Waals surface area contributed by atoms with Gasteiger partial charge in [-0.2, -0.15) is 0 Å². The lowest BCUT2D eigenvalue weighted by Crippen LogP contribution is -2.28. The molecule has 0 aliphatic heterocycles. The molecule has 0 aliphatic carbocycles. The molecule has 0 unspecified atom stereocenters. The van der Waals surface area contributed by atoms with E-state index in [1.54, 1.807) is 19.1 Å². The summed E-state index contributed by atoms with van der Waals surface area (Å²) in [7, 11) is 0. The molecule has 5 heteroatoms. The summed E-state index contributed by atoms with van der Waals surface area (Å²) in [4.78, 5) is 13.3. The molecule has 0 saturated carbocycles. The molecule has 0 amide bonds. The zero-order valence-electron chi connectivity index (χ0n) is 14.4. The molecule has 4 nitrogen and oxygen atoms in total. The van der Waals surface area contributed by atoms with Gasteiger partial charge in [-0.15, -0.1) is 0 Å². The van der Waals surface area contributed by atoms with Crippen molar-refractivity contribution in [2.45, 2.75) is 27.2 Å². The third-order valence-electron chi connectivity index (χ3n) is 4.39. The molecule has 1 heterocycles.